The number of amides is 2. The molecule has 16 heteroatoms. The SMILES string of the molecule is C.C.CC.CC.CCOC(=O)CSc1nc(NNC(=O)OC)nc(Nc2ccc(NC(=O)OC)c(C(=O)OC)c2)n1. The van der Waals surface area contributed by atoms with E-state index in [9.17, 15) is 19.2 Å². The molecule has 0 bridgehead atoms. The number of ether oxygens (including phenoxy) is 4. The van der Waals surface area contributed by atoms with E-state index in [2.05, 4.69) is 45.9 Å². The fourth-order valence-electron chi connectivity index (χ4n) is 2.32. The quantitative estimate of drug-likeness (QED) is 0.119. The molecule has 0 spiro atoms. The van der Waals surface area contributed by atoms with E-state index in [0.717, 1.165) is 11.8 Å². The number of methoxy groups -OCH3 is 3. The van der Waals surface area contributed by atoms with Crippen molar-refractivity contribution in [2.45, 2.75) is 54.6 Å². The Balaban J connectivity index is -0.00000230. The Morgan fingerprint density at radius 1 is 0.854 bits per heavy atom. The van der Waals surface area contributed by atoms with Crippen LogP contribution in [0.3, 0.4) is 0 Å². The number of anilines is 4. The summed E-state index contributed by atoms with van der Waals surface area (Å²) in [7, 11) is 3.55. The van der Waals surface area contributed by atoms with Crippen molar-refractivity contribution >= 4 is 59.2 Å². The van der Waals surface area contributed by atoms with Gasteiger partial charge in [-0.3, -0.25) is 15.5 Å². The number of aromatic nitrogens is 3. The molecule has 41 heavy (non-hydrogen) atoms. The monoisotopic (exact) mass is 601 g/mol. The first-order chi connectivity index (χ1) is 18.8. The third-order valence-corrected chi connectivity index (χ3v) is 4.63. The summed E-state index contributed by atoms with van der Waals surface area (Å²) >= 11 is 0.975. The fraction of sp³-hybridized carbons (Fsp3) is 0.480. The largest absolute Gasteiger partial charge is 0.465 e. The van der Waals surface area contributed by atoms with Crippen molar-refractivity contribution in [1.29, 1.82) is 0 Å². The molecule has 0 atom stereocenters. The Kier molecular flexibility index (Phi) is 23.6. The Labute approximate surface area is 245 Å². The topological polar surface area (TPSA) is 192 Å². The molecule has 2 rings (SSSR count). The van der Waals surface area contributed by atoms with Gasteiger partial charge in [0.15, 0.2) is 5.16 Å². The number of rotatable bonds is 10. The minimum Gasteiger partial charge on any atom is -0.465 e. The van der Waals surface area contributed by atoms with Gasteiger partial charge in [0.2, 0.25) is 11.9 Å². The first kappa shape index (κ1) is 41.1. The maximum absolute atomic E-state index is 12.2. The maximum atomic E-state index is 12.2. The van der Waals surface area contributed by atoms with Gasteiger partial charge < -0.3 is 24.3 Å². The molecule has 0 aliphatic rings. The molecule has 15 nitrogen and oxygen atoms in total. The maximum Gasteiger partial charge on any atom is 0.425 e. The van der Waals surface area contributed by atoms with Gasteiger partial charge in [0.1, 0.15) is 0 Å². The minimum absolute atomic E-state index is 0. The van der Waals surface area contributed by atoms with Gasteiger partial charge in [0.05, 0.1) is 44.9 Å². The van der Waals surface area contributed by atoms with Crippen molar-refractivity contribution in [2.75, 3.05) is 49.7 Å². The summed E-state index contributed by atoms with van der Waals surface area (Å²) in [6, 6.07) is 4.37. The summed E-state index contributed by atoms with van der Waals surface area (Å²) < 4.78 is 18.7. The van der Waals surface area contributed by atoms with Crippen molar-refractivity contribution in [3.8, 4) is 0 Å². The lowest BCUT2D eigenvalue weighted by molar-refractivity contribution is -0.139. The number of carbonyl (C=O) groups excluding carboxylic acids is 4. The Bertz CT molecular complexity index is 1090. The van der Waals surface area contributed by atoms with Gasteiger partial charge >= 0.3 is 24.1 Å². The van der Waals surface area contributed by atoms with Crippen LogP contribution < -0.4 is 21.5 Å². The first-order valence-corrected chi connectivity index (χ1v) is 12.8. The molecule has 0 radical (unpaired) electrons. The number of benzene rings is 1. The van der Waals surface area contributed by atoms with Gasteiger partial charge in [-0.05, 0) is 25.1 Å². The van der Waals surface area contributed by atoms with Gasteiger partial charge in [-0.2, -0.15) is 15.0 Å². The van der Waals surface area contributed by atoms with E-state index in [4.69, 9.17) is 9.47 Å². The molecule has 0 aliphatic heterocycles. The minimum atomic E-state index is -0.794. The molecule has 2 aromatic rings. The van der Waals surface area contributed by atoms with Gasteiger partial charge in [-0.15, -0.1) is 0 Å². The highest BCUT2D eigenvalue weighted by molar-refractivity contribution is 7.99. The average molecular weight is 602 g/mol. The zero-order valence-corrected chi connectivity index (χ0v) is 24.0. The van der Waals surface area contributed by atoms with Crippen molar-refractivity contribution in [2.24, 2.45) is 0 Å². The highest BCUT2D eigenvalue weighted by atomic mass is 32.2. The number of hydrogen-bond acceptors (Lipinski definition) is 14. The predicted octanol–water partition coefficient (Wildman–Crippen LogP) is 5.24. The lowest BCUT2D eigenvalue weighted by Crippen LogP contribution is -2.30. The molecule has 0 saturated heterocycles. The summed E-state index contributed by atoms with van der Waals surface area (Å²) in [5, 5.41) is 5.43. The summed E-state index contributed by atoms with van der Waals surface area (Å²) in [4.78, 5) is 59.3. The van der Waals surface area contributed by atoms with E-state index in [1.54, 1.807) is 6.92 Å². The van der Waals surface area contributed by atoms with Crippen LogP contribution in [0.15, 0.2) is 23.4 Å². The fourth-order valence-corrected chi connectivity index (χ4v) is 2.95. The molecule has 2 amide bonds. The van der Waals surface area contributed by atoms with E-state index in [0.29, 0.717) is 5.69 Å². The molecule has 0 saturated carbocycles. The van der Waals surface area contributed by atoms with Crippen LogP contribution in [0, 0.1) is 0 Å². The van der Waals surface area contributed by atoms with Crippen LogP contribution in [0.4, 0.5) is 32.9 Å². The summed E-state index contributed by atoms with van der Waals surface area (Å²) in [6.45, 7) is 9.91. The molecule has 0 aliphatic carbocycles. The summed E-state index contributed by atoms with van der Waals surface area (Å²) in [5.74, 6) is -1.32. The molecule has 1 heterocycles. The zero-order valence-electron chi connectivity index (χ0n) is 23.2. The molecule has 1 aromatic heterocycles. The Morgan fingerprint density at radius 2 is 1.46 bits per heavy atom. The van der Waals surface area contributed by atoms with E-state index in [1.807, 2.05) is 27.7 Å². The van der Waals surface area contributed by atoms with Gasteiger partial charge in [0.25, 0.3) is 0 Å². The standard InChI is InChI=1S/C19H23N7O8S.2C2H6.2CH4/c1-5-34-13(27)9-35-17-23-15(22-16(24-17)25-26-19(30)33-4)20-10-6-7-12(21-18(29)32-3)11(8-10)14(28)31-2;2*1-2;;/h6-8H,5,9H2,1-4H3,(H,21,29)(H,26,30)(H2,20,22,23,24,25);2*1-2H3;2*1H4. The number of nitrogens with zero attached hydrogens (tertiary/aromatic N) is 3. The number of carbonyl (C=O) groups is 4. The van der Waals surface area contributed by atoms with Crippen LogP contribution in [0.5, 0.6) is 0 Å². The number of esters is 2. The molecule has 1 aromatic carbocycles. The number of hydrogen-bond donors (Lipinski definition) is 4. The van der Waals surface area contributed by atoms with E-state index in [-0.39, 0.29) is 55.5 Å². The van der Waals surface area contributed by atoms with Gasteiger partial charge in [-0.1, -0.05) is 54.3 Å². The summed E-state index contributed by atoms with van der Waals surface area (Å²) in [5.41, 5.74) is 5.20. The van der Waals surface area contributed by atoms with Crippen molar-refractivity contribution in [3.63, 3.8) is 0 Å². The normalized spacial score (nSPS) is 8.78. The Hall–Kier alpha value is -4.34. The second kappa shape index (κ2) is 23.5. The zero-order chi connectivity index (χ0) is 29.8. The molecule has 0 unspecified atom stereocenters. The molecular weight excluding hydrogens is 558 g/mol. The van der Waals surface area contributed by atoms with Crippen LogP contribution in [0.2, 0.25) is 0 Å². The van der Waals surface area contributed by atoms with Crippen LogP contribution in [-0.2, 0) is 23.7 Å². The smallest absolute Gasteiger partial charge is 0.425 e. The third kappa shape index (κ3) is 15.1. The Morgan fingerprint density at radius 3 is 2.02 bits per heavy atom. The lowest BCUT2D eigenvalue weighted by Gasteiger charge is -2.13. The number of hydrazine groups is 1. The van der Waals surface area contributed by atoms with Gasteiger partial charge in [-0.25, -0.2) is 19.8 Å². The van der Waals surface area contributed by atoms with Crippen LogP contribution >= 0.6 is 11.8 Å². The molecular formula is C25H43N7O8S. The molecule has 4 N–H and O–H groups in total. The van der Waals surface area contributed by atoms with Crippen LogP contribution in [0.25, 0.3) is 0 Å². The summed E-state index contributed by atoms with van der Waals surface area (Å²) in [6.07, 6.45) is -1.57. The third-order valence-electron chi connectivity index (χ3n) is 3.80. The molecule has 0 fully saturated rings. The van der Waals surface area contributed by atoms with Crippen LogP contribution in [-0.4, -0.2) is 72.8 Å². The van der Waals surface area contributed by atoms with E-state index >= 15 is 0 Å². The second-order valence-corrected chi connectivity index (χ2v) is 7.04. The number of nitrogens with one attached hydrogen (secondary N) is 4. The van der Waals surface area contributed by atoms with Crippen molar-refractivity contribution < 1.29 is 38.1 Å². The van der Waals surface area contributed by atoms with Crippen molar-refractivity contribution in [1.82, 2.24) is 20.4 Å². The highest BCUT2D eigenvalue weighted by Gasteiger charge is 2.17. The van der Waals surface area contributed by atoms with E-state index < -0.39 is 24.1 Å². The van der Waals surface area contributed by atoms with Gasteiger partial charge in [0, 0.05) is 5.69 Å². The second-order valence-electron chi connectivity index (χ2n) is 6.09. The number of thioether (sulfide) groups is 1. The van der Waals surface area contributed by atoms with E-state index in [1.165, 1.54) is 39.5 Å². The average Bonchev–Trinajstić information content (AvgIpc) is 2.97. The highest BCUT2D eigenvalue weighted by Crippen LogP contribution is 2.25. The van der Waals surface area contributed by atoms with Crippen LogP contribution in [0.1, 0.15) is 59.8 Å². The van der Waals surface area contributed by atoms with Crippen molar-refractivity contribution in [3.05, 3.63) is 23.8 Å². The lowest BCUT2D eigenvalue weighted by atomic mass is 10.1. The predicted molar refractivity (Wildman–Crippen MR) is 160 cm³/mol. The molecule has 232 valence electrons. The first-order valence-electron chi connectivity index (χ1n) is 11.8.